The van der Waals surface area contributed by atoms with Crippen molar-refractivity contribution < 1.29 is 9.84 Å². The van der Waals surface area contributed by atoms with E-state index in [2.05, 4.69) is 40.2 Å². The highest BCUT2D eigenvalue weighted by atomic mass is 79.9. The highest BCUT2D eigenvalue weighted by molar-refractivity contribution is 9.10. The van der Waals surface area contributed by atoms with Gasteiger partial charge in [-0.2, -0.15) is 0 Å². The molecule has 1 N–H and O–H groups in total. The molecule has 0 aromatic heterocycles. The van der Waals surface area contributed by atoms with Crippen LogP contribution in [-0.4, -0.2) is 17.5 Å². The fourth-order valence-electron chi connectivity index (χ4n) is 2.53. The summed E-state index contributed by atoms with van der Waals surface area (Å²) in [5, 5.41) is 9.87. The molecule has 2 aromatic carbocycles. The number of rotatable bonds is 4. The van der Waals surface area contributed by atoms with Crippen LogP contribution in [0.4, 0.5) is 0 Å². The van der Waals surface area contributed by atoms with Gasteiger partial charge in [0.2, 0.25) is 0 Å². The van der Waals surface area contributed by atoms with Crippen LogP contribution in [0, 0.1) is 0 Å². The van der Waals surface area contributed by atoms with Crippen molar-refractivity contribution in [2.24, 2.45) is 0 Å². The van der Waals surface area contributed by atoms with E-state index in [9.17, 15) is 5.11 Å². The van der Waals surface area contributed by atoms with Gasteiger partial charge in [0.25, 0.3) is 0 Å². The van der Waals surface area contributed by atoms with E-state index in [4.69, 9.17) is 4.74 Å². The Labute approximate surface area is 137 Å². The van der Waals surface area contributed by atoms with Gasteiger partial charge in [0.1, 0.15) is 5.75 Å². The minimum Gasteiger partial charge on any atom is -0.493 e. The van der Waals surface area contributed by atoms with Crippen LogP contribution < -0.4 is 4.74 Å². The Balaban J connectivity index is 1.75. The minimum atomic E-state index is -0.539. The SMILES string of the molecule is CC(O)c1cc(Br)ccc1OCC1CSc2ccccc21. The molecule has 0 amide bonds. The second-order valence-electron chi connectivity index (χ2n) is 5.21. The lowest BCUT2D eigenvalue weighted by Gasteiger charge is -2.17. The van der Waals surface area contributed by atoms with Gasteiger partial charge in [0.15, 0.2) is 0 Å². The lowest BCUT2D eigenvalue weighted by molar-refractivity contribution is 0.190. The Hall–Kier alpha value is -0.970. The predicted octanol–water partition coefficient (Wildman–Crippen LogP) is 4.77. The number of aliphatic hydroxyl groups excluding tert-OH is 1. The Morgan fingerprint density at radius 1 is 1.33 bits per heavy atom. The first-order valence-corrected chi connectivity index (χ1v) is 8.75. The van der Waals surface area contributed by atoms with Gasteiger partial charge >= 0.3 is 0 Å². The average molecular weight is 365 g/mol. The molecule has 21 heavy (non-hydrogen) atoms. The first-order chi connectivity index (χ1) is 10.1. The first kappa shape index (κ1) is 14.9. The van der Waals surface area contributed by atoms with E-state index in [1.165, 1.54) is 10.5 Å². The number of aliphatic hydroxyl groups is 1. The average Bonchev–Trinajstić information content (AvgIpc) is 2.89. The van der Waals surface area contributed by atoms with Crippen LogP contribution in [0.1, 0.15) is 30.1 Å². The molecule has 3 rings (SSSR count). The van der Waals surface area contributed by atoms with Crippen LogP contribution in [0.3, 0.4) is 0 Å². The van der Waals surface area contributed by atoms with Gasteiger partial charge in [-0.1, -0.05) is 34.1 Å². The van der Waals surface area contributed by atoms with E-state index in [1.54, 1.807) is 6.92 Å². The summed E-state index contributed by atoms with van der Waals surface area (Å²) in [6.45, 7) is 2.40. The molecule has 4 heteroatoms. The number of ether oxygens (including phenoxy) is 1. The second kappa shape index (κ2) is 6.42. The van der Waals surface area contributed by atoms with Gasteiger partial charge in [0.05, 0.1) is 12.7 Å². The molecule has 0 spiro atoms. The third-order valence-electron chi connectivity index (χ3n) is 3.66. The Kier molecular flexibility index (Phi) is 4.57. The lowest BCUT2D eigenvalue weighted by atomic mass is 10.0. The van der Waals surface area contributed by atoms with Gasteiger partial charge in [0, 0.05) is 26.6 Å². The molecule has 2 atom stereocenters. The van der Waals surface area contributed by atoms with Crippen molar-refractivity contribution in [1.82, 2.24) is 0 Å². The van der Waals surface area contributed by atoms with Crippen molar-refractivity contribution in [3.05, 3.63) is 58.1 Å². The summed E-state index contributed by atoms with van der Waals surface area (Å²) >= 11 is 5.32. The fraction of sp³-hybridized carbons (Fsp3) is 0.294. The number of hydrogen-bond donors (Lipinski definition) is 1. The summed E-state index contributed by atoms with van der Waals surface area (Å²) in [7, 11) is 0. The van der Waals surface area contributed by atoms with Gasteiger partial charge in [-0.3, -0.25) is 0 Å². The van der Waals surface area contributed by atoms with E-state index >= 15 is 0 Å². The first-order valence-electron chi connectivity index (χ1n) is 6.97. The van der Waals surface area contributed by atoms with E-state index in [0.29, 0.717) is 12.5 Å². The van der Waals surface area contributed by atoms with E-state index in [0.717, 1.165) is 21.5 Å². The summed E-state index contributed by atoms with van der Waals surface area (Å²) in [6.07, 6.45) is -0.539. The third kappa shape index (κ3) is 3.28. The Morgan fingerprint density at radius 3 is 2.95 bits per heavy atom. The number of fused-ring (bicyclic) bond motifs is 1. The van der Waals surface area contributed by atoms with E-state index in [1.807, 2.05) is 30.0 Å². The molecular formula is C17H17BrO2S. The highest BCUT2D eigenvalue weighted by Gasteiger charge is 2.23. The van der Waals surface area contributed by atoms with E-state index in [-0.39, 0.29) is 0 Å². The van der Waals surface area contributed by atoms with Crippen LogP contribution >= 0.6 is 27.7 Å². The van der Waals surface area contributed by atoms with Crippen molar-refractivity contribution in [3.63, 3.8) is 0 Å². The van der Waals surface area contributed by atoms with Crippen LogP contribution in [0.15, 0.2) is 51.8 Å². The molecule has 2 unspecified atom stereocenters. The smallest absolute Gasteiger partial charge is 0.125 e. The lowest BCUT2D eigenvalue weighted by Crippen LogP contribution is -2.11. The number of halogens is 1. The van der Waals surface area contributed by atoms with Crippen LogP contribution in [0.25, 0.3) is 0 Å². The topological polar surface area (TPSA) is 29.5 Å². The maximum absolute atomic E-state index is 9.87. The van der Waals surface area contributed by atoms with Crippen molar-refractivity contribution in [2.75, 3.05) is 12.4 Å². The summed E-state index contributed by atoms with van der Waals surface area (Å²) in [5.74, 6) is 2.24. The van der Waals surface area contributed by atoms with Crippen molar-refractivity contribution in [2.45, 2.75) is 23.8 Å². The van der Waals surface area contributed by atoms with Crippen LogP contribution in [-0.2, 0) is 0 Å². The van der Waals surface area contributed by atoms with Gasteiger partial charge in [-0.05, 0) is 36.8 Å². The van der Waals surface area contributed by atoms with Gasteiger partial charge in [-0.15, -0.1) is 11.8 Å². The largest absolute Gasteiger partial charge is 0.493 e. The molecule has 0 radical (unpaired) electrons. The Morgan fingerprint density at radius 2 is 2.14 bits per heavy atom. The Bertz CT molecular complexity index is 642. The maximum atomic E-state index is 9.87. The van der Waals surface area contributed by atoms with Gasteiger partial charge in [-0.25, -0.2) is 0 Å². The number of benzene rings is 2. The third-order valence-corrected chi connectivity index (χ3v) is 5.41. The second-order valence-corrected chi connectivity index (χ2v) is 7.19. The molecular weight excluding hydrogens is 348 g/mol. The molecule has 1 heterocycles. The monoisotopic (exact) mass is 364 g/mol. The molecule has 0 saturated heterocycles. The molecule has 1 aliphatic rings. The van der Waals surface area contributed by atoms with Crippen LogP contribution in [0.5, 0.6) is 5.75 Å². The predicted molar refractivity (Wildman–Crippen MR) is 90.2 cm³/mol. The summed E-state index contributed by atoms with van der Waals surface area (Å²) < 4.78 is 6.95. The van der Waals surface area contributed by atoms with Crippen molar-refractivity contribution in [1.29, 1.82) is 0 Å². The van der Waals surface area contributed by atoms with E-state index < -0.39 is 6.10 Å². The molecule has 0 fully saturated rings. The number of hydrogen-bond acceptors (Lipinski definition) is 3. The molecule has 0 bridgehead atoms. The van der Waals surface area contributed by atoms with Crippen molar-refractivity contribution in [3.8, 4) is 5.75 Å². The van der Waals surface area contributed by atoms with Gasteiger partial charge < -0.3 is 9.84 Å². The molecule has 2 aromatic rings. The standard InChI is InChI=1S/C17H17BrO2S/c1-11(19)15-8-13(18)6-7-16(15)20-9-12-10-21-17-5-3-2-4-14(12)17/h2-8,11-12,19H,9-10H2,1H3. The zero-order valence-electron chi connectivity index (χ0n) is 11.8. The number of thioether (sulfide) groups is 1. The molecule has 0 aliphatic carbocycles. The summed E-state index contributed by atoms with van der Waals surface area (Å²) in [4.78, 5) is 1.36. The minimum absolute atomic E-state index is 0.414. The quantitative estimate of drug-likeness (QED) is 0.846. The molecule has 1 aliphatic heterocycles. The normalized spacial score (nSPS) is 18.3. The zero-order valence-corrected chi connectivity index (χ0v) is 14.2. The summed E-state index contributed by atoms with van der Waals surface area (Å²) in [5.41, 5.74) is 2.20. The summed E-state index contributed by atoms with van der Waals surface area (Å²) in [6, 6.07) is 14.3. The molecule has 0 saturated carbocycles. The molecule has 110 valence electrons. The zero-order chi connectivity index (χ0) is 14.8. The van der Waals surface area contributed by atoms with Crippen LogP contribution in [0.2, 0.25) is 0 Å². The highest BCUT2D eigenvalue weighted by Crippen LogP contribution is 2.40. The maximum Gasteiger partial charge on any atom is 0.125 e. The molecule has 2 nitrogen and oxygen atoms in total. The van der Waals surface area contributed by atoms with Crippen molar-refractivity contribution >= 4 is 27.7 Å². The fourth-order valence-corrected chi connectivity index (χ4v) is 4.15.